The number of hydrogen-bond acceptors (Lipinski definition) is 4. The number of benzene rings is 3. The molecule has 0 aliphatic heterocycles. The summed E-state index contributed by atoms with van der Waals surface area (Å²) in [6, 6.07) is 23.2. The summed E-state index contributed by atoms with van der Waals surface area (Å²) in [5.41, 5.74) is 0. The van der Waals surface area contributed by atoms with Gasteiger partial charge in [-0.1, -0.05) is 63.0 Å². The zero-order chi connectivity index (χ0) is 24.9. The van der Waals surface area contributed by atoms with Crippen LogP contribution in [0.5, 0.6) is 17.2 Å². The van der Waals surface area contributed by atoms with E-state index >= 15 is 0 Å². The molecule has 3 aromatic rings. The molecule has 0 saturated heterocycles. The molecule has 184 valence electrons. The highest BCUT2D eigenvalue weighted by atomic mass is 35.5. The fraction of sp³-hybridized carbons (Fsp3) is 0.333. The molecule has 0 amide bonds. The Balaban J connectivity index is 0.000000379. The molecule has 0 N–H and O–H groups in total. The standard InChI is InChI=1S/C20H28ClN2OP.C7H7ClO/c1-5-22(6-2)25(23(7-3)8-4)20-12-10-9-11-19(20)24-18-15-13-17(21)14-16-18;1-9-7-4-2-6(8)3-5-7/h9-16H,5-8H2,1-4H3;2-5H,1H3. The average molecular weight is 521 g/mol. The van der Waals surface area contributed by atoms with E-state index < -0.39 is 8.22 Å². The maximum atomic E-state index is 6.23. The van der Waals surface area contributed by atoms with Gasteiger partial charge in [-0.3, -0.25) is 9.34 Å². The minimum Gasteiger partial charge on any atom is -0.497 e. The predicted molar refractivity (Wildman–Crippen MR) is 148 cm³/mol. The minimum atomic E-state index is -0.591. The van der Waals surface area contributed by atoms with E-state index in [0.29, 0.717) is 5.02 Å². The van der Waals surface area contributed by atoms with Gasteiger partial charge in [0.25, 0.3) is 0 Å². The number of rotatable bonds is 10. The van der Waals surface area contributed by atoms with Crippen molar-refractivity contribution in [2.45, 2.75) is 27.7 Å². The molecule has 0 atom stereocenters. The Bertz CT molecular complexity index is 951. The second kappa shape index (κ2) is 15.2. The Kier molecular flexibility index (Phi) is 12.7. The Labute approximate surface area is 216 Å². The summed E-state index contributed by atoms with van der Waals surface area (Å²) in [7, 11) is 1.04. The van der Waals surface area contributed by atoms with E-state index in [-0.39, 0.29) is 0 Å². The molecule has 0 aliphatic rings. The summed E-state index contributed by atoms with van der Waals surface area (Å²) in [6.07, 6.45) is 0. The smallest absolute Gasteiger partial charge is 0.137 e. The van der Waals surface area contributed by atoms with E-state index in [4.69, 9.17) is 32.7 Å². The lowest BCUT2D eigenvalue weighted by Gasteiger charge is -2.38. The SMILES string of the molecule is CCN(CC)P(c1ccccc1Oc1ccc(Cl)cc1)N(CC)CC.COc1ccc(Cl)cc1. The molecular weight excluding hydrogens is 486 g/mol. The highest BCUT2D eigenvalue weighted by Gasteiger charge is 2.26. The maximum absolute atomic E-state index is 6.23. The molecule has 3 rings (SSSR count). The summed E-state index contributed by atoms with van der Waals surface area (Å²) in [5.74, 6) is 2.57. The minimum absolute atomic E-state index is 0.591. The van der Waals surface area contributed by atoms with Gasteiger partial charge in [-0.05, 0) is 60.7 Å². The zero-order valence-electron chi connectivity index (χ0n) is 20.7. The molecule has 7 heteroatoms. The van der Waals surface area contributed by atoms with E-state index in [1.165, 1.54) is 5.30 Å². The van der Waals surface area contributed by atoms with Crippen LogP contribution in [-0.2, 0) is 0 Å². The van der Waals surface area contributed by atoms with Crippen LogP contribution in [0.4, 0.5) is 0 Å². The molecule has 0 unspecified atom stereocenters. The van der Waals surface area contributed by atoms with Crippen LogP contribution in [0.25, 0.3) is 0 Å². The van der Waals surface area contributed by atoms with Crippen LogP contribution >= 0.6 is 31.4 Å². The van der Waals surface area contributed by atoms with E-state index in [0.717, 1.165) is 48.5 Å². The van der Waals surface area contributed by atoms with Crippen LogP contribution in [0.3, 0.4) is 0 Å². The summed E-state index contributed by atoms with van der Waals surface area (Å²) >= 11 is 11.6. The molecule has 4 nitrogen and oxygen atoms in total. The van der Waals surface area contributed by atoms with Crippen LogP contribution in [0.2, 0.25) is 10.0 Å². The summed E-state index contributed by atoms with van der Waals surface area (Å²) < 4.78 is 16.2. The summed E-state index contributed by atoms with van der Waals surface area (Å²) in [5, 5.41) is 2.71. The van der Waals surface area contributed by atoms with Crippen molar-refractivity contribution in [1.82, 2.24) is 9.34 Å². The van der Waals surface area contributed by atoms with Gasteiger partial charge in [-0.15, -0.1) is 0 Å². The number of methoxy groups -OCH3 is 1. The molecule has 0 bridgehead atoms. The Morgan fingerprint density at radius 1 is 0.647 bits per heavy atom. The second-order valence-corrected chi connectivity index (χ2v) is 10.3. The van der Waals surface area contributed by atoms with E-state index in [2.05, 4.69) is 55.2 Å². The van der Waals surface area contributed by atoms with Crippen molar-refractivity contribution >= 4 is 36.7 Å². The molecule has 34 heavy (non-hydrogen) atoms. The fourth-order valence-electron chi connectivity index (χ4n) is 3.38. The quantitative estimate of drug-likeness (QED) is 0.252. The number of para-hydroxylation sites is 1. The normalized spacial score (nSPS) is 10.9. The van der Waals surface area contributed by atoms with Gasteiger partial charge >= 0.3 is 0 Å². The first kappa shape index (κ1) is 28.4. The molecule has 0 fully saturated rings. The molecule has 0 heterocycles. The topological polar surface area (TPSA) is 24.9 Å². The Morgan fingerprint density at radius 3 is 1.53 bits per heavy atom. The monoisotopic (exact) mass is 520 g/mol. The Hall–Kier alpha value is -1.81. The third-order valence-corrected chi connectivity index (χ3v) is 8.67. The van der Waals surface area contributed by atoms with Crippen LogP contribution in [0.1, 0.15) is 27.7 Å². The molecular formula is C27H35Cl2N2O2P. The number of hydrogen-bond donors (Lipinski definition) is 0. The fourth-order valence-corrected chi connectivity index (χ4v) is 6.20. The first-order valence-corrected chi connectivity index (χ1v) is 13.6. The first-order valence-electron chi connectivity index (χ1n) is 11.6. The van der Waals surface area contributed by atoms with Crippen LogP contribution in [0.15, 0.2) is 72.8 Å². The van der Waals surface area contributed by atoms with Crippen molar-refractivity contribution in [2.75, 3.05) is 33.3 Å². The number of nitrogens with zero attached hydrogens (tertiary/aromatic N) is 2. The lowest BCUT2D eigenvalue weighted by molar-refractivity contribution is 0.415. The van der Waals surface area contributed by atoms with Gasteiger partial charge in [-0.25, -0.2) is 0 Å². The average Bonchev–Trinajstić information content (AvgIpc) is 2.87. The van der Waals surface area contributed by atoms with Gasteiger partial charge in [0.2, 0.25) is 0 Å². The molecule has 0 spiro atoms. The third kappa shape index (κ3) is 8.45. The summed E-state index contributed by atoms with van der Waals surface area (Å²) in [4.78, 5) is 0. The number of halogens is 2. The van der Waals surface area contributed by atoms with Crippen LogP contribution < -0.4 is 14.8 Å². The second-order valence-electron chi connectivity index (χ2n) is 7.25. The maximum Gasteiger partial charge on any atom is 0.137 e. The van der Waals surface area contributed by atoms with Crippen molar-refractivity contribution in [2.24, 2.45) is 0 Å². The number of ether oxygens (including phenoxy) is 2. The predicted octanol–water partition coefficient (Wildman–Crippen LogP) is 8.10. The van der Waals surface area contributed by atoms with Crippen molar-refractivity contribution < 1.29 is 9.47 Å². The molecule has 3 aromatic carbocycles. The van der Waals surface area contributed by atoms with Crippen LogP contribution in [-0.4, -0.2) is 42.6 Å². The highest BCUT2D eigenvalue weighted by molar-refractivity contribution is 7.61. The Morgan fingerprint density at radius 2 is 1.09 bits per heavy atom. The largest absolute Gasteiger partial charge is 0.497 e. The van der Waals surface area contributed by atoms with Crippen LogP contribution in [0, 0.1) is 0 Å². The van der Waals surface area contributed by atoms with Crippen molar-refractivity contribution in [1.29, 1.82) is 0 Å². The van der Waals surface area contributed by atoms with E-state index in [1.54, 1.807) is 19.2 Å². The first-order chi connectivity index (χ1) is 16.5. The molecule has 0 aromatic heterocycles. The van der Waals surface area contributed by atoms with Gasteiger partial charge in [0.05, 0.1) is 15.3 Å². The van der Waals surface area contributed by atoms with Crippen molar-refractivity contribution in [3.63, 3.8) is 0 Å². The summed E-state index contributed by atoms with van der Waals surface area (Å²) in [6.45, 7) is 13.0. The van der Waals surface area contributed by atoms with E-state index in [1.807, 2.05) is 42.5 Å². The lowest BCUT2D eigenvalue weighted by atomic mass is 10.3. The van der Waals surface area contributed by atoms with Gasteiger partial charge in [0.15, 0.2) is 0 Å². The van der Waals surface area contributed by atoms with Crippen molar-refractivity contribution in [3.8, 4) is 17.2 Å². The highest BCUT2D eigenvalue weighted by Crippen LogP contribution is 2.45. The molecule has 0 saturated carbocycles. The lowest BCUT2D eigenvalue weighted by Crippen LogP contribution is -2.34. The van der Waals surface area contributed by atoms with Gasteiger partial charge in [0.1, 0.15) is 17.2 Å². The zero-order valence-corrected chi connectivity index (χ0v) is 23.1. The molecule has 0 aliphatic carbocycles. The third-order valence-electron chi connectivity index (χ3n) is 5.17. The van der Waals surface area contributed by atoms with Gasteiger partial charge in [-0.2, -0.15) is 0 Å². The van der Waals surface area contributed by atoms with Gasteiger partial charge in [0, 0.05) is 41.5 Å². The molecule has 0 radical (unpaired) electrons. The van der Waals surface area contributed by atoms with Crippen molar-refractivity contribution in [3.05, 3.63) is 82.8 Å². The van der Waals surface area contributed by atoms with Gasteiger partial charge < -0.3 is 9.47 Å². The van der Waals surface area contributed by atoms with E-state index in [9.17, 15) is 0 Å².